The molecule has 3 rings (SSSR count). The Morgan fingerprint density at radius 2 is 2.17 bits per heavy atom. The van der Waals surface area contributed by atoms with Crippen molar-refractivity contribution in [3.8, 4) is 5.75 Å². The average molecular weight is 326 g/mol. The van der Waals surface area contributed by atoms with Gasteiger partial charge >= 0.3 is 6.61 Å². The van der Waals surface area contributed by atoms with E-state index in [-0.39, 0.29) is 17.8 Å². The molecule has 0 aliphatic carbocycles. The van der Waals surface area contributed by atoms with E-state index in [2.05, 4.69) is 15.0 Å². The fraction of sp³-hybridized carbons (Fsp3) is 0.562. The molecule has 0 saturated carbocycles. The third-order valence-corrected chi connectivity index (χ3v) is 4.29. The minimum Gasteiger partial charge on any atom is -0.435 e. The van der Waals surface area contributed by atoms with E-state index >= 15 is 0 Å². The number of hydrogen-bond donors (Lipinski definition) is 1. The van der Waals surface area contributed by atoms with Crippen molar-refractivity contribution in [3.63, 3.8) is 0 Å². The number of halogens is 2. The molecule has 0 spiro atoms. The number of ether oxygens (including phenoxy) is 2. The number of rotatable bonds is 5. The smallest absolute Gasteiger partial charge is 0.387 e. The zero-order valence-electron chi connectivity index (χ0n) is 12.7. The van der Waals surface area contributed by atoms with Crippen LogP contribution >= 0.6 is 0 Å². The molecule has 0 radical (unpaired) electrons. The Morgan fingerprint density at radius 3 is 2.91 bits per heavy atom. The Balaban J connectivity index is 1.47. The molecule has 0 aromatic heterocycles. The number of amides is 1. The summed E-state index contributed by atoms with van der Waals surface area (Å²) in [6.07, 6.45) is 2.39. The monoisotopic (exact) mass is 326 g/mol. The van der Waals surface area contributed by atoms with Gasteiger partial charge in [-0.25, -0.2) is 0 Å². The summed E-state index contributed by atoms with van der Waals surface area (Å²) in [6, 6.07) is 6.17. The summed E-state index contributed by atoms with van der Waals surface area (Å²) in [5, 5.41) is 2.83. The highest BCUT2D eigenvalue weighted by molar-refractivity contribution is 5.94. The zero-order valence-corrected chi connectivity index (χ0v) is 12.7. The Hall–Kier alpha value is -1.73. The van der Waals surface area contributed by atoms with Gasteiger partial charge in [-0.2, -0.15) is 8.78 Å². The Morgan fingerprint density at radius 1 is 1.39 bits per heavy atom. The minimum atomic E-state index is -2.87. The molecule has 2 aliphatic heterocycles. The van der Waals surface area contributed by atoms with E-state index in [1.807, 2.05) is 0 Å². The van der Waals surface area contributed by atoms with Crippen LogP contribution in [0.3, 0.4) is 0 Å². The first kappa shape index (κ1) is 16.1. The number of benzene rings is 1. The second-order valence-electron chi connectivity index (χ2n) is 5.86. The first-order chi connectivity index (χ1) is 11.1. The van der Waals surface area contributed by atoms with E-state index in [1.165, 1.54) is 37.1 Å². The molecule has 5 nitrogen and oxygen atoms in total. The average Bonchev–Trinajstić information content (AvgIpc) is 3.00. The van der Waals surface area contributed by atoms with Gasteiger partial charge in [-0.3, -0.25) is 9.69 Å². The molecule has 7 heteroatoms. The molecule has 2 atom stereocenters. The molecule has 23 heavy (non-hydrogen) atoms. The zero-order chi connectivity index (χ0) is 16.2. The maximum Gasteiger partial charge on any atom is 0.387 e. The highest BCUT2D eigenvalue weighted by Gasteiger charge is 2.32. The molecular weight excluding hydrogens is 306 g/mol. The van der Waals surface area contributed by atoms with Crippen LogP contribution in [0.25, 0.3) is 0 Å². The molecule has 0 unspecified atom stereocenters. The van der Waals surface area contributed by atoms with Crippen molar-refractivity contribution in [2.45, 2.75) is 31.6 Å². The van der Waals surface area contributed by atoms with Crippen LogP contribution in [0.5, 0.6) is 5.75 Å². The second kappa shape index (κ2) is 7.23. The molecule has 1 aromatic rings. The summed E-state index contributed by atoms with van der Waals surface area (Å²) in [7, 11) is 0. The molecule has 2 heterocycles. The molecule has 0 bridgehead atoms. The standard InChI is InChI=1S/C16H20F2N2O3/c17-16(18)23-13-5-3-11(4-6-13)15(21)19-8-14-9-20-7-1-2-12(20)10-22-14/h3-6,12,14,16H,1-2,7-10H2,(H,19,21)/t12-,14+/m0/s1. The van der Waals surface area contributed by atoms with Crippen molar-refractivity contribution in [2.24, 2.45) is 0 Å². The number of morpholine rings is 1. The fourth-order valence-corrected chi connectivity index (χ4v) is 3.11. The maximum absolute atomic E-state index is 12.1. The lowest BCUT2D eigenvalue weighted by molar-refractivity contribution is -0.0498. The second-order valence-corrected chi connectivity index (χ2v) is 5.86. The van der Waals surface area contributed by atoms with E-state index in [0.717, 1.165) is 19.7 Å². The topological polar surface area (TPSA) is 50.8 Å². The van der Waals surface area contributed by atoms with E-state index in [9.17, 15) is 13.6 Å². The molecule has 1 N–H and O–H groups in total. The Kier molecular flexibility index (Phi) is 5.07. The third kappa shape index (κ3) is 4.17. The van der Waals surface area contributed by atoms with Crippen LogP contribution in [-0.4, -0.2) is 55.8 Å². The van der Waals surface area contributed by atoms with E-state index < -0.39 is 6.61 Å². The van der Waals surface area contributed by atoms with Crippen LogP contribution in [0.2, 0.25) is 0 Å². The number of nitrogens with zero attached hydrogens (tertiary/aromatic N) is 1. The lowest BCUT2D eigenvalue weighted by Gasteiger charge is -2.35. The number of fused-ring (bicyclic) bond motifs is 1. The van der Waals surface area contributed by atoms with Gasteiger partial charge in [0.1, 0.15) is 5.75 Å². The predicted molar refractivity (Wildman–Crippen MR) is 79.7 cm³/mol. The van der Waals surface area contributed by atoms with Crippen LogP contribution in [0.4, 0.5) is 8.78 Å². The van der Waals surface area contributed by atoms with Gasteiger partial charge in [0.25, 0.3) is 5.91 Å². The molecule has 1 amide bonds. The van der Waals surface area contributed by atoms with Gasteiger partial charge in [-0.05, 0) is 43.7 Å². The van der Waals surface area contributed by atoms with Gasteiger partial charge in [0.15, 0.2) is 0 Å². The fourth-order valence-electron chi connectivity index (χ4n) is 3.11. The lowest BCUT2D eigenvalue weighted by atomic mass is 10.1. The van der Waals surface area contributed by atoms with Gasteiger partial charge in [0.05, 0.1) is 12.7 Å². The largest absolute Gasteiger partial charge is 0.435 e. The predicted octanol–water partition coefficient (Wildman–Crippen LogP) is 1.88. The van der Waals surface area contributed by atoms with E-state index in [4.69, 9.17) is 4.74 Å². The molecular formula is C16H20F2N2O3. The third-order valence-electron chi connectivity index (χ3n) is 4.29. The number of hydrogen-bond acceptors (Lipinski definition) is 4. The van der Waals surface area contributed by atoms with E-state index in [0.29, 0.717) is 18.2 Å². The summed E-state index contributed by atoms with van der Waals surface area (Å²) in [6.45, 7) is 0.237. The Labute approximate surface area is 133 Å². The summed E-state index contributed by atoms with van der Waals surface area (Å²) in [5.74, 6) is -0.215. The van der Waals surface area contributed by atoms with Crippen LogP contribution in [-0.2, 0) is 4.74 Å². The summed E-state index contributed by atoms with van der Waals surface area (Å²) >= 11 is 0. The van der Waals surface area contributed by atoms with Gasteiger partial charge < -0.3 is 14.8 Å². The van der Waals surface area contributed by atoms with E-state index in [1.54, 1.807) is 0 Å². The number of nitrogens with one attached hydrogen (secondary N) is 1. The van der Waals surface area contributed by atoms with Crippen LogP contribution in [0.1, 0.15) is 23.2 Å². The van der Waals surface area contributed by atoms with Crippen molar-refractivity contribution >= 4 is 5.91 Å². The highest BCUT2D eigenvalue weighted by Crippen LogP contribution is 2.22. The van der Waals surface area contributed by atoms with Crippen LogP contribution < -0.4 is 10.1 Å². The van der Waals surface area contributed by atoms with Crippen LogP contribution in [0, 0.1) is 0 Å². The van der Waals surface area contributed by atoms with Crippen molar-refractivity contribution in [3.05, 3.63) is 29.8 Å². The summed E-state index contributed by atoms with van der Waals surface area (Å²) in [4.78, 5) is 14.5. The quantitative estimate of drug-likeness (QED) is 0.898. The van der Waals surface area contributed by atoms with Gasteiger partial charge in [-0.15, -0.1) is 0 Å². The number of alkyl halides is 2. The lowest BCUT2D eigenvalue weighted by Crippen LogP contribution is -2.50. The molecule has 126 valence electrons. The maximum atomic E-state index is 12.1. The first-order valence-corrected chi connectivity index (χ1v) is 7.80. The first-order valence-electron chi connectivity index (χ1n) is 7.80. The normalized spacial score (nSPS) is 24.5. The minimum absolute atomic E-state index is 0.00487. The van der Waals surface area contributed by atoms with Crippen molar-refractivity contribution in [2.75, 3.05) is 26.2 Å². The van der Waals surface area contributed by atoms with Gasteiger partial charge in [0.2, 0.25) is 0 Å². The van der Waals surface area contributed by atoms with Gasteiger partial charge in [0, 0.05) is 24.7 Å². The molecule has 2 fully saturated rings. The number of carbonyl (C=O) groups is 1. The van der Waals surface area contributed by atoms with Crippen molar-refractivity contribution in [1.29, 1.82) is 0 Å². The summed E-state index contributed by atoms with van der Waals surface area (Å²) in [5.41, 5.74) is 0.404. The SMILES string of the molecule is O=C(NC[C@@H]1CN2CCC[C@H]2CO1)c1ccc(OC(F)F)cc1. The molecule has 2 saturated heterocycles. The molecule has 2 aliphatic rings. The highest BCUT2D eigenvalue weighted by atomic mass is 19.3. The number of carbonyl (C=O) groups excluding carboxylic acids is 1. The van der Waals surface area contributed by atoms with Gasteiger partial charge in [-0.1, -0.05) is 0 Å². The van der Waals surface area contributed by atoms with Crippen molar-refractivity contribution < 1.29 is 23.0 Å². The summed E-state index contributed by atoms with van der Waals surface area (Å²) < 4.78 is 34.2. The van der Waals surface area contributed by atoms with Crippen LogP contribution in [0.15, 0.2) is 24.3 Å². The van der Waals surface area contributed by atoms with Crippen molar-refractivity contribution in [1.82, 2.24) is 10.2 Å². The molecule has 1 aromatic carbocycles. The Bertz CT molecular complexity index is 539.